The van der Waals surface area contributed by atoms with E-state index in [4.69, 9.17) is 15.7 Å². The molecule has 1 aliphatic heterocycles. The highest BCUT2D eigenvalue weighted by molar-refractivity contribution is 6.11. The summed E-state index contributed by atoms with van der Waals surface area (Å²) in [7, 11) is 0. The smallest absolute Gasteiger partial charge is 0.382 e. The van der Waals surface area contributed by atoms with Gasteiger partial charge in [-0.25, -0.2) is 5.48 Å². The fourth-order valence-electron chi connectivity index (χ4n) is 6.50. The molecule has 2 saturated carbocycles. The second kappa shape index (κ2) is 13.6. The summed E-state index contributed by atoms with van der Waals surface area (Å²) in [6, 6.07) is 3.88. The molecule has 2 unspecified atom stereocenters. The van der Waals surface area contributed by atoms with Gasteiger partial charge in [-0.05, 0) is 68.6 Å². The van der Waals surface area contributed by atoms with Crippen LogP contribution in [0.15, 0.2) is 23.3 Å². The molecule has 2 atom stereocenters. The Bertz CT molecular complexity index is 1210. The Morgan fingerprint density at radius 1 is 1.14 bits per heavy atom. The molecule has 10 nitrogen and oxygen atoms in total. The van der Waals surface area contributed by atoms with E-state index in [1.54, 1.807) is 11.5 Å². The molecule has 4 rings (SSSR count). The molecule has 2 aliphatic carbocycles. The van der Waals surface area contributed by atoms with Crippen molar-refractivity contribution in [1.82, 2.24) is 5.48 Å². The number of hydrazone groups is 1. The maximum Gasteiger partial charge on any atom is 0.432 e. The second-order valence-corrected chi connectivity index (χ2v) is 12.7. The van der Waals surface area contributed by atoms with Crippen LogP contribution >= 0.6 is 0 Å². The van der Waals surface area contributed by atoms with Crippen molar-refractivity contribution >= 4 is 34.7 Å². The van der Waals surface area contributed by atoms with Gasteiger partial charge < -0.3 is 15.8 Å². The van der Waals surface area contributed by atoms with Gasteiger partial charge in [0.05, 0.1) is 29.3 Å². The van der Waals surface area contributed by atoms with Crippen LogP contribution in [0, 0.1) is 11.3 Å². The maximum absolute atomic E-state index is 13.9. The number of ketones is 1. The van der Waals surface area contributed by atoms with Gasteiger partial charge in [0.1, 0.15) is 5.78 Å². The first-order valence-corrected chi connectivity index (χ1v) is 15.0. The third-order valence-electron chi connectivity index (χ3n) is 8.60. The molecule has 1 aromatic rings. The van der Waals surface area contributed by atoms with Gasteiger partial charge >= 0.3 is 6.18 Å². The molecule has 0 aromatic heterocycles. The van der Waals surface area contributed by atoms with Crippen LogP contribution in [0.4, 0.5) is 24.5 Å². The number of primary amides is 1. The van der Waals surface area contributed by atoms with Crippen molar-refractivity contribution in [2.45, 2.75) is 109 Å². The summed E-state index contributed by atoms with van der Waals surface area (Å²) >= 11 is 0. The molecule has 0 spiro atoms. The predicted octanol–water partition coefficient (Wildman–Crippen LogP) is 5.09. The van der Waals surface area contributed by atoms with Crippen LogP contribution in [0.1, 0.15) is 94.8 Å². The standard InChI is InChI=1S/C30H42F3N5O5/c1-29(2)16-23-26(24(39)17-29)27(30(31,32)33)36-38(23)19-10-13-21(28(34)41)22(15-19)35-18-8-11-20(12-9-18)43-14-6-4-3-5-7-25(40)37-42/h10,13,15,18,20,23,26,35,42H,3-9,11-12,14,16-17H2,1-2H3,(H2,34,41)(H,37,40). The minimum absolute atomic E-state index is 0.0154. The van der Waals surface area contributed by atoms with E-state index < -0.39 is 41.0 Å². The van der Waals surface area contributed by atoms with Crippen LogP contribution in [0.25, 0.3) is 0 Å². The first-order valence-electron chi connectivity index (χ1n) is 15.0. The Hall–Kier alpha value is -3.19. The summed E-state index contributed by atoms with van der Waals surface area (Å²) < 4.78 is 47.9. The number of fused-ring (bicyclic) bond motifs is 1. The van der Waals surface area contributed by atoms with E-state index >= 15 is 0 Å². The van der Waals surface area contributed by atoms with Gasteiger partial charge in [0.15, 0.2) is 5.71 Å². The van der Waals surface area contributed by atoms with Gasteiger partial charge in [0.2, 0.25) is 5.91 Å². The monoisotopic (exact) mass is 609 g/mol. The second-order valence-electron chi connectivity index (χ2n) is 12.7. The Kier molecular flexibility index (Phi) is 10.4. The number of alkyl halides is 3. The number of hydrogen-bond donors (Lipinski definition) is 4. The van der Waals surface area contributed by atoms with Crippen LogP contribution in [0.2, 0.25) is 0 Å². The number of nitrogens with zero attached hydrogens (tertiary/aromatic N) is 2. The molecule has 238 valence electrons. The zero-order valence-corrected chi connectivity index (χ0v) is 24.7. The minimum Gasteiger partial charge on any atom is -0.382 e. The van der Waals surface area contributed by atoms with Crippen LogP contribution in [-0.4, -0.2) is 59.5 Å². The minimum atomic E-state index is -4.73. The number of carbonyl (C=O) groups is 3. The number of nitrogens with two attached hydrogens (primary N) is 1. The topological polar surface area (TPSA) is 146 Å². The highest BCUT2D eigenvalue weighted by Gasteiger charge is 2.56. The zero-order chi connectivity index (χ0) is 31.4. The number of anilines is 2. The van der Waals surface area contributed by atoms with Crippen molar-refractivity contribution in [2.24, 2.45) is 22.2 Å². The largest absolute Gasteiger partial charge is 0.432 e. The summed E-state index contributed by atoms with van der Waals surface area (Å²) in [6.45, 7) is 4.37. The number of unbranched alkanes of at least 4 members (excludes halogenated alkanes) is 3. The number of ether oxygens (including phenoxy) is 1. The van der Waals surface area contributed by atoms with Crippen LogP contribution in [0.3, 0.4) is 0 Å². The fourth-order valence-corrected chi connectivity index (χ4v) is 6.50. The number of benzene rings is 1. The van der Waals surface area contributed by atoms with Gasteiger partial charge in [-0.15, -0.1) is 0 Å². The first-order chi connectivity index (χ1) is 20.3. The van der Waals surface area contributed by atoms with Crippen molar-refractivity contribution in [1.29, 1.82) is 0 Å². The van der Waals surface area contributed by atoms with Crippen molar-refractivity contribution < 1.29 is 37.5 Å². The Balaban J connectivity index is 1.38. The van der Waals surface area contributed by atoms with E-state index in [0.29, 0.717) is 37.2 Å². The lowest BCUT2D eigenvalue weighted by Crippen LogP contribution is -2.49. The molecule has 2 fully saturated rings. The Morgan fingerprint density at radius 3 is 2.49 bits per heavy atom. The van der Waals surface area contributed by atoms with Gasteiger partial charge in [-0.2, -0.15) is 18.3 Å². The van der Waals surface area contributed by atoms with E-state index in [0.717, 1.165) is 44.9 Å². The number of hydrogen-bond acceptors (Lipinski definition) is 8. The molecule has 5 N–H and O–H groups in total. The van der Waals surface area contributed by atoms with Crippen molar-refractivity contribution in [3.8, 4) is 0 Å². The fraction of sp³-hybridized carbons (Fsp3) is 0.667. The number of rotatable bonds is 12. The molecular formula is C30H42F3N5O5. The van der Waals surface area contributed by atoms with E-state index in [2.05, 4.69) is 10.4 Å². The van der Waals surface area contributed by atoms with Gasteiger partial charge in [-0.3, -0.25) is 24.6 Å². The highest BCUT2D eigenvalue weighted by atomic mass is 19.4. The summed E-state index contributed by atoms with van der Waals surface area (Å²) in [5, 5.41) is 17.1. The summed E-state index contributed by atoms with van der Waals surface area (Å²) in [4.78, 5) is 36.2. The molecule has 43 heavy (non-hydrogen) atoms. The van der Waals surface area contributed by atoms with E-state index in [1.165, 1.54) is 17.1 Å². The maximum atomic E-state index is 13.9. The summed E-state index contributed by atoms with van der Waals surface area (Å²) in [5.41, 5.74) is 6.75. The summed E-state index contributed by atoms with van der Waals surface area (Å²) in [5.74, 6) is -2.84. The van der Waals surface area contributed by atoms with E-state index in [1.807, 2.05) is 13.8 Å². The predicted molar refractivity (Wildman–Crippen MR) is 155 cm³/mol. The van der Waals surface area contributed by atoms with E-state index in [9.17, 15) is 27.6 Å². The molecule has 0 bridgehead atoms. The molecule has 0 saturated heterocycles. The van der Waals surface area contributed by atoms with Crippen LogP contribution in [-0.2, 0) is 14.3 Å². The third kappa shape index (κ3) is 8.26. The number of nitrogens with one attached hydrogen (secondary N) is 2. The lowest BCUT2D eigenvalue weighted by Gasteiger charge is -2.39. The Morgan fingerprint density at radius 2 is 1.84 bits per heavy atom. The number of hydroxylamine groups is 1. The molecule has 2 amide bonds. The number of Topliss-reactive ketones (excluding diaryl/α,β-unsaturated/α-hetero) is 1. The average molecular weight is 610 g/mol. The highest BCUT2D eigenvalue weighted by Crippen LogP contribution is 2.46. The van der Waals surface area contributed by atoms with Crippen molar-refractivity contribution in [3.05, 3.63) is 23.8 Å². The number of amides is 2. The Labute approximate surface area is 249 Å². The summed E-state index contributed by atoms with van der Waals surface area (Å²) in [6.07, 6.45) is 2.67. The van der Waals surface area contributed by atoms with Crippen LogP contribution < -0.4 is 21.5 Å². The molecule has 0 radical (unpaired) electrons. The average Bonchev–Trinajstić information content (AvgIpc) is 3.32. The normalized spacial score (nSPS) is 25.2. The molecular weight excluding hydrogens is 567 g/mol. The SMILES string of the molecule is CC1(C)CC(=O)C2C(C(F)(F)F)=NN(c3ccc(C(N)=O)c(NC4CCC(OCCCCCCC(=O)NO)CC4)c3)C2C1. The zero-order valence-electron chi connectivity index (χ0n) is 24.7. The quantitative estimate of drug-likeness (QED) is 0.147. The van der Waals surface area contributed by atoms with Crippen LogP contribution in [0.5, 0.6) is 0 Å². The van der Waals surface area contributed by atoms with E-state index in [-0.39, 0.29) is 30.0 Å². The third-order valence-corrected chi connectivity index (χ3v) is 8.60. The molecule has 13 heteroatoms. The lowest BCUT2D eigenvalue weighted by molar-refractivity contribution is -0.129. The van der Waals surface area contributed by atoms with Gasteiger partial charge in [-0.1, -0.05) is 26.7 Å². The number of carbonyl (C=O) groups excluding carboxylic acids is 3. The lowest BCUT2D eigenvalue weighted by atomic mass is 9.68. The first kappa shape index (κ1) is 32.7. The number of halogens is 3. The molecule has 3 aliphatic rings. The van der Waals surface area contributed by atoms with Crippen molar-refractivity contribution in [3.63, 3.8) is 0 Å². The van der Waals surface area contributed by atoms with Crippen molar-refractivity contribution in [2.75, 3.05) is 16.9 Å². The van der Waals surface area contributed by atoms with Gasteiger partial charge in [0, 0.05) is 31.2 Å². The molecule has 1 aromatic carbocycles. The molecule has 1 heterocycles. The van der Waals surface area contributed by atoms with Gasteiger partial charge in [0.25, 0.3) is 5.91 Å².